The summed E-state index contributed by atoms with van der Waals surface area (Å²) < 4.78 is 0. The molecule has 0 spiro atoms. The van der Waals surface area contributed by atoms with E-state index in [1.165, 1.54) is 12.8 Å². The van der Waals surface area contributed by atoms with Crippen molar-refractivity contribution in [3.8, 4) is 0 Å². The molecular formula is C18H32N4O2. The van der Waals surface area contributed by atoms with E-state index in [2.05, 4.69) is 17.1 Å². The molecule has 0 aromatic carbocycles. The molecule has 6 heteroatoms. The van der Waals surface area contributed by atoms with Crippen molar-refractivity contribution in [2.45, 2.75) is 63.6 Å². The Hall–Kier alpha value is -1.30. The molecule has 3 rings (SSSR count). The Labute approximate surface area is 145 Å². The number of carbonyl (C=O) groups is 2. The predicted molar refractivity (Wildman–Crippen MR) is 93.7 cm³/mol. The number of likely N-dealkylation sites (tertiary alicyclic amines) is 2. The van der Waals surface area contributed by atoms with Crippen LogP contribution in [0, 0.1) is 5.92 Å². The van der Waals surface area contributed by atoms with Gasteiger partial charge >= 0.3 is 6.03 Å². The van der Waals surface area contributed by atoms with Crippen molar-refractivity contribution in [3.05, 3.63) is 0 Å². The maximum absolute atomic E-state index is 12.5. The Kier molecular flexibility index (Phi) is 5.33. The zero-order chi connectivity index (χ0) is 17.3. The van der Waals surface area contributed by atoms with Crippen LogP contribution in [0.5, 0.6) is 0 Å². The highest BCUT2D eigenvalue weighted by Gasteiger charge is 2.39. The van der Waals surface area contributed by atoms with Crippen LogP contribution in [0.1, 0.15) is 45.4 Å². The lowest BCUT2D eigenvalue weighted by molar-refractivity contribution is -0.129. The number of hydrogen-bond donors (Lipinski definition) is 1. The minimum absolute atomic E-state index is 0.0854. The molecule has 3 fully saturated rings. The first-order valence-electron chi connectivity index (χ1n) is 9.45. The Morgan fingerprint density at radius 3 is 2.38 bits per heavy atom. The summed E-state index contributed by atoms with van der Waals surface area (Å²) in [6.45, 7) is 4.82. The van der Waals surface area contributed by atoms with Crippen molar-refractivity contribution in [3.63, 3.8) is 0 Å². The summed E-state index contributed by atoms with van der Waals surface area (Å²) in [6.07, 6.45) is 6.19. The molecule has 24 heavy (non-hydrogen) atoms. The zero-order valence-electron chi connectivity index (χ0n) is 15.3. The smallest absolute Gasteiger partial charge is 0.317 e. The average Bonchev–Trinajstić information content (AvgIpc) is 3.32. The summed E-state index contributed by atoms with van der Waals surface area (Å²) in [5.74, 6) is 0.610. The fourth-order valence-corrected chi connectivity index (χ4v) is 4.11. The van der Waals surface area contributed by atoms with Crippen LogP contribution in [0.25, 0.3) is 0 Å². The molecule has 0 aromatic heterocycles. The van der Waals surface area contributed by atoms with Gasteiger partial charge < -0.3 is 15.1 Å². The number of piperidine rings is 1. The topological polar surface area (TPSA) is 55.9 Å². The maximum Gasteiger partial charge on any atom is 0.317 e. The van der Waals surface area contributed by atoms with Gasteiger partial charge in [-0.25, -0.2) is 4.79 Å². The molecule has 0 aromatic rings. The summed E-state index contributed by atoms with van der Waals surface area (Å²) in [4.78, 5) is 30.5. The molecule has 2 aliphatic heterocycles. The fourth-order valence-electron chi connectivity index (χ4n) is 4.11. The van der Waals surface area contributed by atoms with Gasteiger partial charge in [0, 0.05) is 58.3 Å². The van der Waals surface area contributed by atoms with Crippen LogP contribution >= 0.6 is 0 Å². The maximum atomic E-state index is 12.5. The number of hydrogen-bond acceptors (Lipinski definition) is 3. The van der Waals surface area contributed by atoms with Crippen LogP contribution in [0.2, 0.25) is 0 Å². The number of rotatable bonds is 4. The minimum atomic E-state index is 0.0854. The molecule has 1 saturated carbocycles. The molecule has 2 heterocycles. The van der Waals surface area contributed by atoms with E-state index in [0.29, 0.717) is 24.4 Å². The molecular weight excluding hydrogens is 304 g/mol. The summed E-state index contributed by atoms with van der Waals surface area (Å²) >= 11 is 0. The molecule has 0 unspecified atom stereocenters. The van der Waals surface area contributed by atoms with Crippen LogP contribution in [0.3, 0.4) is 0 Å². The van der Waals surface area contributed by atoms with E-state index < -0.39 is 0 Å². The normalized spacial score (nSPS) is 28.9. The van der Waals surface area contributed by atoms with E-state index in [1.807, 2.05) is 4.90 Å². The van der Waals surface area contributed by atoms with Crippen LogP contribution in [0.15, 0.2) is 0 Å². The van der Waals surface area contributed by atoms with E-state index in [1.54, 1.807) is 19.0 Å². The molecule has 0 bridgehead atoms. The first-order valence-corrected chi connectivity index (χ1v) is 9.45. The van der Waals surface area contributed by atoms with Crippen molar-refractivity contribution < 1.29 is 9.59 Å². The summed E-state index contributed by atoms with van der Waals surface area (Å²) in [5, 5.41) is 3.24. The molecule has 2 saturated heterocycles. The van der Waals surface area contributed by atoms with Crippen LogP contribution in [-0.4, -0.2) is 78.5 Å². The number of carbonyl (C=O) groups excluding carboxylic acids is 2. The Morgan fingerprint density at radius 2 is 1.79 bits per heavy atom. The first-order chi connectivity index (χ1) is 11.4. The molecule has 1 aliphatic carbocycles. The predicted octanol–water partition coefficient (Wildman–Crippen LogP) is 1.51. The SMILES string of the molecule is C[C@H]1C[C@H](NC(=O)N2CCC(CC(=O)N(C)C)CC2)CN1C1CC1. The molecule has 1 N–H and O–H groups in total. The molecule has 0 radical (unpaired) electrons. The number of nitrogens with zero attached hydrogens (tertiary/aromatic N) is 3. The van der Waals surface area contributed by atoms with Gasteiger partial charge in [0.05, 0.1) is 0 Å². The van der Waals surface area contributed by atoms with Crippen molar-refractivity contribution in [2.75, 3.05) is 33.7 Å². The summed E-state index contributed by atoms with van der Waals surface area (Å²) in [7, 11) is 3.61. The Balaban J connectivity index is 1.40. The lowest BCUT2D eigenvalue weighted by Gasteiger charge is -2.33. The second kappa shape index (κ2) is 7.30. The highest BCUT2D eigenvalue weighted by Crippen LogP contribution is 2.33. The summed E-state index contributed by atoms with van der Waals surface area (Å²) in [6, 6.07) is 1.74. The monoisotopic (exact) mass is 336 g/mol. The van der Waals surface area contributed by atoms with E-state index in [9.17, 15) is 9.59 Å². The van der Waals surface area contributed by atoms with E-state index >= 15 is 0 Å². The van der Waals surface area contributed by atoms with Gasteiger partial charge in [-0.2, -0.15) is 0 Å². The number of urea groups is 1. The van der Waals surface area contributed by atoms with E-state index in [0.717, 1.165) is 44.9 Å². The molecule has 6 nitrogen and oxygen atoms in total. The lowest BCUT2D eigenvalue weighted by atomic mass is 9.93. The quantitative estimate of drug-likeness (QED) is 0.847. The van der Waals surface area contributed by atoms with Gasteiger partial charge in [0.1, 0.15) is 0 Å². The molecule has 2 atom stereocenters. The van der Waals surface area contributed by atoms with E-state index in [-0.39, 0.29) is 11.9 Å². The second-order valence-electron chi connectivity index (χ2n) is 8.08. The summed E-state index contributed by atoms with van der Waals surface area (Å²) in [5.41, 5.74) is 0. The van der Waals surface area contributed by atoms with Crippen LogP contribution < -0.4 is 5.32 Å². The van der Waals surface area contributed by atoms with Crippen LogP contribution in [0.4, 0.5) is 4.79 Å². The van der Waals surface area contributed by atoms with Gasteiger partial charge in [-0.05, 0) is 44.9 Å². The lowest BCUT2D eigenvalue weighted by Crippen LogP contribution is -2.48. The number of amides is 3. The highest BCUT2D eigenvalue weighted by atomic mass is 16.2. The van der Waals surface area contributed by atoms with Gasteiger partial charge in [0.15, 0.2) is 0 Å². The third-order valence-electron chi connectivity index (χ3n) is 5.83. The van der Waals surface area contributed by atoms with Gasteiger partial charge in [-0.15, -0.1) is 0 Å². The minimum Gasteiger partial charge on any atom is -0.349 e. The molecule has 136 valence electrons. The number of nitrogens with one attached hydrogen (secondary N) is 1. The van der Waals surface area contributed by atoms with Gasteiger partial charge in [0.25, 0.3) is 0 Å². The van der Waals surface area contributed by atoms with Crippen molar-refractivity contribution in [1.82, 2.24) is 20.0 Å². The van der Waals surface area contributed by atoms with E-state index in [4.69, 9.17) is 0 Å². The Bertz CT molecular complexity index is 470. The third-order valence-corrected chi connectivity index (χ3v) is 5.83. The van der Waals surface area contributed by atoms with Crippen molar-refractivity contribution >= 4 is 11.9 Å². The second-order valence-corrected chi connectivity index (χ2v) is 8.08. The largest absolute Gasteiger partial charge is 0.349 e. The Morgan fingerprint density at radius 1 is 1.12 bits per heavy atom. The highest BCUT2D eigenvalue weighted by molar-refractivity contribution is 5.76. The van der Waals surface area contributed by atoms with Gasteiger partial charge in [-0.3, -0.25) is 9.69 Å². The average molecular weight is 336 g/mol. The molecule has 3 amide bonds. The molecule has 3 aliphatic rings. The first kappa shape index (κ1) is 17.5. The van der Waals surface area contributed by atoms with Crippen molar-refractivity contribution in [1.29, 1.82) is 0 Å². The van der Waals surface area contributed by atoms with Gasteiger partial charge in [0.2, 0.25) is 5.91 Å². The van der Waals surface area contributed by atoms with Gasteiger partial charge in [-0.1, -0.05) is 0 Å². The van der Waals surface area contributed by atoms with Crippen LogP contribution in [-0.2, 0) is 4.79 Å². The fraction of sp³-hybridized carbons (Fsp3) is 0.889. The third kappa shape index (κ3) is 4.21. The van der Waals surface area contributed by atoms with Crippen molar-refractivity contribution in [2.24, 2.45) is 5.92 Å². The standard InChI is InChI=1S/C18H32N4O2/c1-13-10-15(12-22(13)16-4-5-16)19-18(24)21-8-6-14(7-9-21)11-17(23)20(2)3/h13-16H,4-12H2,1-3H3,(H,19,24)/t13-,15-/m0/s1. The zero-order valence-corrected chi connectivity index (χ0v) is 15.3.